The van der Waals surface area contributed by atoms with Crippen molar-refractivity contribution in [1.29, 1.82) is 0 Å². The molecule has 7 nitrogen and oxygen atoms in total. The highest BCUT2D eigenvalue weighted by molar-refractivity contribution is 6.34. The number of benzene rings is 1. The molecule has 35 heavy (non-hydrogen) atoms. The number of rotatable bonds is 5. The monoisotopic (exact) mass is 530 g/mol. The number of aliphatic hydroxyl groups is 1. The van der Waals surface area contributed by atoms with Gasteiger partial charge in [0, 0.05) is 52.0 Å². The van der Waals surface area contributed by atoms with Gasteiger partial charge in [-0.3, -0.25) is 14.5 Å². The Morgan fingerprint density at radius 1 is 1.06 bits per heavy atom. The summed E-state index contributed by atoms with van der Waals surface area (Å²) in [5.74, 6) is -2.63. The highest BCUT2D eigenvalue weighted by Gasteiger charge is 2.76. The smallest absolute Gasteiger partial charge is 0.380 e. The summed E-state index contributed by atoms with van der Waals surface area (Å²) < 4.78 is 77.8. The Morgan fingerprint density at radius 3 is 2.06 bits per heavy atom. The predicted molar refractivity (Wildman–Crippen MR) is 115 cm³/mol. The number of anilines is 1. The number of nitrogens with one attached hydrogen (secondary N) is 1. The standard InChI is InChI=1S/C21H25ClF6N4O3/c1-30(2)17(33)15-4-3-12(9-16(15)22)29-13-10-32(11-13)14-5-7-31(8-6-14)18(34)19(35,20(23,24)25)21(26,27)28/h3-4,9,13-14,29,35H,5-8,10-11H2,1-2H3. The van der Waals surface area contributed by atoms with E-state index in [2.05, 4.69) is 5.32 Å². The van der Waals surface area contributed by atoms with Gasteiger partial charge in [-0.1, -0.05) is 11.6 Å². The molecule has 2 fully saturated rings. The van der Waals surface area contributed by atoms with Crippen molar-refractivity contribution in [2.24, 2.45) is 0 Å². The van der Waals surface area contributed by atoms with Crippen LogP contribution < -0.4 is 5.32 Å². The summed E-state index contributed by atoms with van der Waals surface area (Å²) in [6.07, 6.45) is -12.0. The van der Waals surface area contributed by atoms with Gasteiger partial charge < -0.3 is 20.2 Å². The van der Waals surface area contributed by atoms with Crippen LogP contribution in [0.25, 0.3) is 0 Å². The number of halogens is 7. The normalized spacial score (nSPS) is 18.9. The van der Waals surface area contributed by atoms with E-state index >= 15 is 0 Å². The molecule has 2 aliphatic rings. The second-order valence-corrected chi connectivity index (χ2v) is 9.33. The Morgan fingerprint density at radius 2 is 1.60 bits per heavy atom. The van der Waals surface area contributed by atoms with Gasteiger partial charge in [0.25, 0.3) is 11.8 Å². The predicted octanol–water partition coefficient (Wildman–Crippen LogP) is 2.98. The summed E-state index contributed by atoms with van der Waals surface area (Å²) in [6.45, 7) is 0.486. The number of hydrogen-bond donors (Lipinski definition) is 2. The molecule has 3 rings (SSSR count). The van der Waals surface area contributed by atoms with Gasteiger partial charge in [0.2, 0.25) is 0 Å². The van der Waals surface area contributed by atoms with E-state index in [1.54, 1.807) is 32.3 Å². The number of likely N-dealkylation sites (tertiary alicyclic amines) is 2. The summed E-state index contributed by atoms with van der Waals surface area (Å²) in [7, 11) is 3.22. The molecule has 2 saturated heterocycles. The maximum Gasteiger partial charge on any atom is 0.435 e. The Bertz CT molecular complexity index is 943. The summed E-state index contributed by atoms with van der Waals surface area (Å²) in [5.41, 5.74) is -4.36. The molecular formula is C21H25ClF6N4O3. The van der Waals surface area contributed by atoms with Crippen LogP contribution in [0.5, 0.6) is 0 Å². The molecule has 2 N–H and O–H groups in total. The molecule has 14 heteroatoms. The van der Waals surface area contributed by atoms with Crippen LogP contribution >= 0.6 is 11.6 Å². The largest absolute Gasteiger partial charge is 0.435 e. The lowest BCUT2D eigenvalue weighted by atomic mass is 9.94. The quantitative estimate of drug-likeness (QED) is 0.573. The Hall–Kier alpha value is -2.25. The molecule has 0 bridgehead atoms. The van der Waals surface area contributed by atoms with Crippen molar-refractivity contribution >= 4 is 29.1 Å². The van der Waals surface area contributed by atoms with Crippen LogP contribution in [0.4, 0.5) is 32.0 Å². The molecule has 196 valence electrons. The Balaban J connectivity index is 1.52. The van der Waals surface area contributed by atoms with Crippen LogP contribution in [0.1, 0.15) is 23.2 Å². The number of piperidine rings is 1. The van der Waals surface area contributed by atoms with Gasteiger partial charge in [-0.05, 0) is 31.0 Å². The minimum atomic E-state index is -6.18. The molecule has 2 amide bonds. The SMILES string of the molecule is CN(C)C(=O)c1ccc(NC2CN(C3CCN(C(=O)C(O)(C(F)(F)F)C(F)(F)F)CC3)C2)cc1Cl. The van der Waals surface area contributed by atoms with Crippen molar-refractivity contribution in [3.63, 3.8) is 0 Å². The van der Waals surface area contributed by atoms with E-state index in [-0.39, 0.29) is 43.9 Å². The van der Waals surface area contributed by atoms with E-state index in [1.165, 1.54) is 4.90 Å². The van der Waals surface area contributed by atoms with Gasteiger partial charge in [-0.2, -0.15) is 26.3 Å². The third-order valence-electron chi connectivity index (χ3n) is 6.28. The zero-order valence-electron chi connectivity index (χ0n) is 18.9. The third-order valence-corrected chi connectivity index (χ3v) is 6.60. The fourth-order valence-corrected chi connectivity index (χ4v) is 4.48. The first-order chi connectivity index (χ1) is 16.1. The van der Waals surface area contributed by atoms with E-state index in [9.17, 15) is 41.0 Å². The van der Waals surface area contributed by atoms with Gasteiger partial charge in [-0.25, -0.2) is 0 Å². The number of hydrogen-bond acceptors (Lipinski definition) is 5. The lowest BCUT2D eigenvalue weighted by Crippen LogP contribution is -2.68. The van der Waals surface area contributed by atoms with Crippen molar-refractivity contribution in [1.82, 2.24) is 14.7 Å². The molecule has 2 heterocycles. The summed E-state index contributed by atoms with van der Waals surface area (Å²) >= 11 is 6.20. The van der Waals surface area contributed by atoms with Gasteiger partial charge >= 0.3 is 18.0 Å². The minimum Gasteiger partial charge on any atom is -0.380 e. The minimum absolute atomic E-state index is 0.0293. The molecule has 2 aliphatic heterocycles. The van der Waals surface area contributed by atoms with Gasteiger partial charge in [0.15, 0.2) is 0 Å². The van der Waals surface area contributed by atoms with Crippen molar-refractivity contribution in [2.75, 3.05) is 45.6 Å². The lowest BCUT2D eigenvalue weighted by molar-refractivity contribution is -0.353. The molecule has 1 aromatic rings. The van der Waals surface area contributed by atoms with Crippen LogP contribution in [0, 0.1) is 0 Å². The first-order valence-corrected chi connectivity index (χ1v) is 11.1. The molecule has 0 radical (unpaired) electrons. The number of carbonyl (C=O) groups is 2. The van der Waals surface area contributed by atoms with Crippen molar-refractivity contribution in [2.45, 2.75) is 42.9 Å². The number of nitrogens with zero attached hydrogens (tertiary/aromatic N) is 3. The van der Waals surface area contributed by atoms with Gasteiger partial charge in [0.05, 0.1) is 16.6 Å². The molecule has 0 atom stereocenters. The van der Waals surface area contributed by atoms with E-state index in [0.29, 0.717) is 34.3 Å². The van der Waals surface area contributed by atoms with Gasteiger partial charge in [-0.15, -0.1) is 0 Å². The number of amides is 2. The van der Waals surface area contributed by atoms with Crippen molar-refractivity contribution < 1.29 is 41.0 Å². The van der Waals surface area contributed by atoms with Crippen LogP contribution in [-0.2, 0) is 4.79 Å². The van der Waals surface area contributed by atoms with E-state index in [1.807, 2.05) is 4.90 Å². The van der Waals surface area contributed by atoms with Crippen LogP contribution in [0.3, 0.4) is 0 Å². The Labute approximate surface area is 202 Å². The maximum absolute atomic E-state index is 13.0. The fraction of sp³-hybridized carbons (Fsp3) is 0.619. The van der Waals surface area contributed by atoms with E-state index in [4.69, 9.17) is 11.6 Å². The molecular weight excluding hydrogens is 506 g/mol. The second-order valence-electron chi connectivity index (χ2n) is 8.92. The van der Waals surface area contributed by atoms with Gasteiger partial charge in [0.1, 0.15) is 0 Å². The molecule has 0 spiro atoms. The van der Waals surface area contributed by atoms with Crippen molar-refractivity contribution in [3.05, 3.63) is 28.8 Å². The van der Waals surface area contributed by atoms with Crippen LogP contribution in [-0.4, -0.2) is 102 Å². The first-order valence-electron chi connectivity index (χ1n) is 10.7. The zero-order valence-corrected chi connectivity index (χ0v) is 19.6. The average molecular weight is 531 g/mol. The molecule has 0 unspecified atom stereocenters. The van der Waals surface area contributed by atoms with E-state index in [0.717, 1.165) is 0 Å². The molecule has 0 aliphatic carbocycles. The summed E-state index contributed by atoms with van der Waals surface area (Å²) in [4.78, 5) is 28.0. The summed E-state index contributed by atoms with van der Waals surface area (Å²) in [6, 6.07) is 4.87. The van der Waals surface area contributed by atoms with E-state index < -0.39 is 23.9 Å². The highest BCUT2D eigenvalue weighted by atomic mass is 35.5. The third kappa shape index (κ3) is 5.31. The van der Waals surface area contributed by atoms with Crippen LogP contribution in [0.15, 0.2) is 18.2 Å². The van der Waals surface area contributed by atoms with Crippen molar-refractivity contribution in [3.8, 4) is 0 Å². The average Bonchev–Trinajstić information content (AvgIpc) is 2.73. The molecule has 1 aromatic carbocycles. The Kier molecular flexibility index (Phi) is 7.55. The zero-order chi connectivity index (χ0) is 26.3. The first kappa shape index (κ1) is 27.3. The second kappa shape index (κ2) is 9.66. The topological polar surface area (TPSA) is 76.1 Å². The molecule has 0 saturated carbocycles. The molecule has 0 aromatic heterocycles. The van der Waals surface area contributed by atoms with Crippen LogP contribution in [0.2, 0.25) is 5.02 Å². The fourth-order valence-electron chi connectivity index (χ4n) is 4.22. The number of carbonyl (C=O) groups excluding carboxylic acids is 2. The maximum atomic E-state index is 13.0. The highest BCUT2D eigenvalue weighted by Crippen LogP contribution is 2.44. The lowest BCUT2D eigenvalue weighted by Gasteiger charge is -2.48. The number of alkyl halides is 6. The summed E-state index contributed by atoms with van der Waals surface area (Å²) in [5, 5.41) is 12.9.